The Balaban J connectivity index is 2.17. The van der Waals surface area contributed by atoms with Crippen molar-refractivity contribution in [3.8, 4) is 0 Å². The Bertz CT molecular complexity index is 470. The van der Waals surface area contributed by atoms with Gasteiger partial charge in [-0.15, -0.1) is 11.3 Å². The first-order valence-corrected chi connectivity index (χ1v) is 6.07. The summed E-state index contributed by atoms with van der Waals surface area (Å²) in [7, 11) is 1.96. The van der Waals surface area contributed by atoms with Crippen molar-refractivity contribution in [1.82, 2.24) is 4.98 Å². The Morgan fingerprint density at radius 2 is 2.38 bits per heavy atom. The van der Waals surface area contributed by atoms with Crippen LogP contribution in [0.2, 0.25) is 5.02 Å². The first-order chi connectivity index (χ1) is 7.66. The third-order valence-electron chi connectivity index (χ3n) is 2.18. The molecule has 0 fully saturated rings. The summed E-state index contributed by atoms with van der Waals surface area (Å²) in [5.74, 6) is 0.754. The summed E-state index contributed by atoms with van der Waals surface area (Å²) >= 11 is 7.80. The van der Waals surface area contributed by atoms with Gasteiger partial charge in [0.25, 0.3) is 0 Å². The van der Waals surface area contributed by atoms with Crippen LogP contribution < -0.4 is 10.6 Å². The molecule has 0 spiro atoms. The Hall–Kier alpha value is -1.26. The third kappa shape index (κ3) is 2.46. The molecule has 3 nitrogen and oxygen atoms in total. The van der Waals surface area contributed by atoms with Gasteiger partial charge in [0, 0.05) is 11.9 Å². The fourth-order valence-electron chi connectivity index (χ4n) is 1.44. The maximum atomic E-state index is 6.08. The SMILES string of the molecule is CN(Cc1cccs1)c1ncc(N)cc1Cl. The van der Waals surface area contributed by atoms with E-state index in [1.54, 1.807) is 23.6 Å². The lowest BCUT2D eigenvalue weighted by Gasteiger charge is -2.18. The van der Waals surface area contributed by atoms with Crippen LogP contribution in [-0.2, 0) is 6.54 Å². The van der Waals surface area contributed by atoms with E-state index >= 15 is 0 Å². The second-order valence-electron chi connectivity index (χ2n) is 3.51. The zero-order chi connectivity index (χ0) is 11.5. The lowest BCUT2D eigenvalue weighted by Crippen LogP contribution is -2.17. The molecule has 5 heteroatoms. The molecule has 0 aliphatic heterocycles. The van der Waals surface area contributed by atoms with Crippen LogP contribution in [-0.4, -0.2) is 12.0 Å². The third-order valence-corrected chi connectivity index (χ3v) is 3.32. The summed E-state index contributed by atoms with van der Waals surface area (Å²) in [6.45, 7) is 0.800. The van der Waals surface area contributed by atoms with Crippen molar-refractivity contribution in [2.45, 2.75) is 6.54 Å². The van der Waals surface area contributed by atoms with Gasteiger partial charge >= 0.3 is 0 Å². The lowest BCUT2D eigenvalue weighted by molar-refractivity contribution is 0.913. The highest BCUT2D eigenvalue weighted by Gasteiger charge is 2.08. The average Bonchev–Trinajstić information content (AvgIpc) is 2.70. The van der Waals surface area contributed by atoms with Crippen molar-refractivity contribution < 1.29 is 0 Å². The maximum absolute atomic E-state index is 6.08. The molecule has 0 saturated heterocycles. The molecule has 0 aliphatic rings. The maximum Gasteiger partial charge on any atom is 0.147 e. The number of nitrogen functional groups attached to an aromatic ring is 1. The zero-order valence-electron chi connectivity index (χ0n) is 8.85. The van der Waals surface area contributed by atoms with Gasteiger partial charge < -0.3 is 10.6 Å². The molecule has 0 unspecified atom stereocenters. The number of pyridine rings is 1. The van der Waals surface area contributed by atoms with E-state index in [9.17, 15) is 0 Å². The van der Waals surface area contributed by atoms with Crippen molar-refractivity contribution in [1.29, 1.82) is 0 Å². The molecular weight excluding hydrogens is 242 g/mol. The predicted octanol–water partition coefficient (Wildman–Crippen LogP) is 3.02. The number of halogens is 1. The second-order valence-corrected chi connectivity index (χ2v) is 4.95. The number of rotatable bonds is 3. The van der Waals surface area contributed by atoms with Gasteiger partial charge in [-0.05, 0) is 17.5 Å². The summed E-state index contributed by atoms with van der Waals surface area (Å²) < 4.78 is 0. The van der Waals surface area contributed by atoms with Crippen molar-refractivity contribution in [2.75, 3.05) is 17.7 Å². The molecule has 2 N–H and O–H groups in total. The van der Waals surface area contributed by atoms with E-state index in [-0.39, 0.29) is 0 Å². The van der Waals surface area contributed by atoms with Crippen LogP contribution in [0, 0.1) is 0 Å². The fraction of sp³-hybridized carbons (Fsp3) is 0.182. The van der Waals surface area contributed by atoms with Gasteiger partial charge in [-0.25, -0.2) is 4.98 Å². The van der Waals surface area contributed by atoms with E-state index in [1.807, 2.05) is 18.0 Å². The van der Waals surface area contributed by atoms with Gasteiger partial charge in [-0.1, -0.05) is 17.7 Å². The van der Waals surface area contributed by atoms with E-state index in [0.29, 0.717) is 10.7 Å². The van der Waals surface area contributed by atoms with Crippen LogP contribution in [0.25, 0.3) is 0 Å². The average molecular weight is 254 g/mol. The minimum Gasteiger partial charge on any atom is -0.397 e. The van der Waals surface area contributed by atoms with Crippen LogP contribution in [0.1, 0.15) is 4.88 Å². The van der Waals surface area contributed by atoms with E-state index in [1.165, 1.54) is 4.88 Å². The summed E-state index contributed by atoms with van der Waals surface area (Å²) in [4.78, 5) is 7.51. The Kier molecular flexibility index (Phi) is 3.31. The number of hydrogen-bond donors (Lipinski definition) is 1. The first-order valence-electron chi connectivity index (χ1n) is 4.81. The van der Waals surface area contributed by atoms with Crippen molar-refractivity contribution in [3.05, 3.63) is 39.7 Å². The molecule has 16 heavy (non-hydrogen) atoms. The molecule has 2 aromatic heterocycles. The lowest BCUT2D eigenvalue weighted by atomic mass is 10.3. The van der Waals surface area contributed by atoms with Gasteiger partial charge in [-0.3, -0.25) is 0 Å². The fourth-order valence-corrected chi connectivity index (χ4v) is 2.51. The van der Waals surface area contributed by atoms with E-state index in [0.717, 1.165) is 12.4 Å². The molecule has 0 aliphatic carbocycles. The molecule has 2 rings (SSSR count). The Morgan fingerprint density at radius 1 is 1.56 bits per heavy atom. The minimum absolute atomic E-state index is 0.582. The molecular formula is C11H12ClN3S. The van der Waals surface area contributed by atoms with Crippen LogP contribution in [0.5, 0.6) is 0 Å². The highest BCUT2D eigenvalue weighted by atomic mass is 35.5. The van der Waals surface area contributed by atoms with Crippen LogP contribution in [0.15, 0.2) is 29.8 Å². The molecule has 0 aromatic carbocycles. The van der Waals surface area contributed by atoms with Crippen LogP contribution >= 0.6 is 22.9 Å². The summed E-state index contributed by atoms with van der Waals surface area (Å²) in [5, 5.41) is 2.64. The van der Waals surface area contributed by atoms with Crippen LogP contribution in [0.4, 0.5) is 11.5 Å². The number of nitrogens with zero attached hydrogens (tertiary/aromatic N) is 2. The van der Waals surface area contributed by atoms with Gasteiger partial charge in [-0.2, -0.15) is 0 Å². The summed E-state index contributed by atoms with van der Waals surface area (Å²) in [5.41, 5.74) is 6.18. The number of thiophene rings is 1. The van der Waals surface area contributed by atoms with E-state index < -0.39 is 0 Å². The molecule has 2 heterocycles. The highest BCUT2D eigenvalue weighted by Crippen LogP contribution is 2.25. The Morgan fingerprint density at radius 3 is 3.00 bits per heavy atom. The molecule has 0 bridgehead atoms. The largest absolute Gasteiger partial charge is 0.397 e. The zero-order valence-corrected chi connectivity index (χ0v) is 10.4. The number of nitrogens with two attached hydrogens (primary N) is 1. The number of aromatic nitrogens is 1. The molecule has 0 saturated carbocycles. The van der Waals surface area contributed by atoms with Gasteiger partial charge in [0.05, 0.1) is 23.5 Å². The second kappa shape index (κ2) is 4.72. The van der Waals surface area contributed by atoms with E-state index in [2.05, 4.69) is 16.4 Å². The minimum atomic E-state index is 0.582. The quantitative estimate of drug-likeness (QED) is 0.914. The number of anilines is 2. The standard InChI is InChI=1S/C11H12ClN3S/c1-15(7-9-3-2-4-16-9)11-10(12)5-8(13)6-14-11/h2-6H,7,13H2,1H3. The Labute approximate surface area is 103 Å². The first kappa shape index (κ1) is 11.2. The van der Waals surface area contributed by atoms with Gasteiger partial charge in [0.2, 0.25) is 0 Å². The number of hydrogen-bond acceptors (Lipinski definition) is 4. The molecule has 0 radical (unpaired) electrons. The van der Waals surface area contributed by atoms with Gasteiger partial charge in [0.1, 0.15) is 5.82 Å². The molecule has 0 amide bonds. The van der Waals surface area contributed by atoms with Gasteiger partial charge in [0.15, 0.2) is 0 Å². The highest BCUT2D eigenvalue weighted by molar-refractivity contribution is 7.09. The normalized spacial score (nSPS) is 10.4. The molecule has 2 aromatic rings. The predicted molar refractivity (Wildman–Crippen MR) is 70.1 cm³/mol. The topological polar surface area (TPSA) is 42.2 Å². The molecule has 0 atom stereocenters. The van der Waals surface area contributed by atoms with Crippen molar-refractivity contribution >= 4 is 34.4 Å². The smallest absolute Gasteiger partial charge is 0.147 e. The van der Waals surface area contributed by atoms with Crippen LogP contribution in [0.3, 0.4) is 0 Å². The van der Waals surface area contributed by atoms with E-state index in [4.69, 9.17) is 17.3 Å². The van der Waals surface area contributed by atoms with Crippen molar-refractivity contribution in [2.24, 2.45) is 0 Å². The monoisotopic (exact) mass is 253 g/mol. The summed E-state index contributed by atoms with van der Waals surface area (Å²) in [6, 6.07) is 5.84. The van der Waals surface area contributed by atoms with Crippen molar-refractivity contribution in [3.63, 3.8) is 0 Å². The molecule has 84 valence electrons. The summed E-state index contributed by atoms with van der Waals surface area (Å²) in [6.07, 6.45) is 1.62.